The molecule has 16 heavy (non-hydrogen) atoms. The Morgan fingerprint density at radius 2 is 2.06 bits per heavy atom. The molecule has 0 radical (unpaired) electrons. The molecule has 1 heterocycles. The summed E-state index contributed by atoms with van der Waals surface area (Å²) in [6, 6.07) is 0.614. The van der Waals surface area contributed by atoms with Gasteiger partial charge in [-0.1, -0.05) is 13.8 Å². The van der Waals surface area contributed by atoms with E-state index in [0.717, 1.165) is 32.2 Å². The second-order valence-electron chi connectivity index (χ2n) is 5.43. The highest BCUT2D eigenvalue weighted by molar-refractivity contribution is 4.74. The van der Waals surface area contributed by atoms with Crippen molar-refractivity contribution >= 4 is 0 Å². The Kier molecular flexibility index (Phi) is 6.32. The number of hydrogen-bond donors (Lipinski definition) is 1. The van der Waals surface area contributed by atoms with Crippen molar-refractivity contribution in [3.63, 3.8) is 0 Å². The summed E-state index contributed by atoms with van der Waals surface area (Å²) in [5.74, 6) is 0.735. The van der Waals surface area contributed by atoms with Gasteiger partial charge in [-0.3, -0.25) is 4.90 Å². The molecule has 0 aromatic heterocycles. The minimum Gasteiger partial charge on any atom is -0.377 e. The number of nitrogens with one attached hydrogen (secondary N) is 1. The van der Waals surface area contributed by atoms with Crippen LogP contribution in [0.2, 0.25) is 0 Å². The van der Waals surface area contributed by atoms with Gasteiger partial charge in [0.1, 0.15) is 0 Å². The van der Waals surface area contributed by atoms with E-state index in [1.165, 1.54) is 13.0 Å². The molecule has 0 aliphatic carbocycles. The predicted octanol–water partition coefficient (Wildman–Crippen LogP) is 1.73. The van der Waals surface area contributed by atoms with Crippen molar-refractivity contribution in [3.05, 3.63) is 0 Å². The molecule has 2 atom stereocenters. The molecule has 1 fully saturated rings. The summed E-state index contributed by atoms with van der Waals surface area (Å²) in [5, 5.41) is 3.53. The smallest absolute Gasteiger partial charge is 0.0674 e. The van der Waals surface area contributed by atoms with Crippen molar-refractivity contribution in [2.45, 2.75) is 46.3 Å². The fourth-order valence-corrected chi connectivity index (χ4v) is 2.14. The van der Waals surface area contributed by atoms with Gasteiger partial charge in [0, 0.05) is 32.3 Å². The third-order valence-electron chi connectivity index (χ3n) is 3.10. The van der Waals surface area contributed by atoms with E-state index in [4.69, 9.17) is 4.74 Å². The summed E-state index contributed by atoms with van der Waals surface area (Å²) in [4.78, 5) is 2.55. The fourth-order valence-electron chi connectivity index (χ4n) is 2.14. The first kappa shape index (κ1) is 13.9. The highest BCUT2D eigenvalue weighted by Gasteiger charge is 2.19. The third kappa shape index (κ3) is 5.28. The second-order valence-corrected chi connectivity index (χ2v) is 5.43. The maximum atomic E-state index is 5.66. The molecule has 1 rings (SSSR count). The topological polar surface area (TPSA) is 24.5 Å². The van der Waals surface area contributed by atoms with Crippen LogP contribution in [0, 0.1) is 5.92 Å². The van der Waals surface area contributed by atoms with Crippen LogP contribution in [0.1, 0.15) is 34.1 Å². The lowest BCUT2D eigenvalue weighted by molar-refractivity contribution is 0.0619. The molecule has 2 unspecified atom stereocenters. The molecular weight excluding hydrogens is 200 g/mol. The van der Waals surface area contributed by atoms with Crippen LogP contribution in [0.3, 0.4) is 0 Å². The highest BCUT2D eigenvalue weighted by atomic mass is 16.5. The first-order valence-electron chi connectivity index (χ1n) is 6.66. The molecule has 1 aliphatic rings. The summed E-state index contributed by atoms with van der Waals surface area (Å²) in [7, 11) is 0. The predicted molar refractivity (Wildman–Crippen MR) is 68.8 cm³/mol. The van der Waals surface area contributed by atoms with Crippen LogP contribution in [-0.4, -0.2) is 49.8 Å². The second kappa shape index (κ2) is 7.25. The van der Waals surface area contributed by atoms with Crippen LogP contribution in [0.15, 0.2) is 0 Å². The molecule has 3 nitrogen and oxygen atoms in total. The van der Waals surface area contributed by atoms with E-state index in [2.05, 4.69) is 37.9 Å². The number of rotatable bonds is 5. The zero-order valence-electron chi connectivity index (χ0n) is 11.3. The lowest BCUT2D eigenvalue weighted by atomic mass is 10.2. The zero-order chi connectivity index (χ0) is 12.0. The van der Waals surface area contributed by atoms with Gasteiger partial charge in [-0.15, -0.1) is 0 Å². The summed E-state index contributed by atoms with van der Waals surface area (Å²) in [6.07, 6.45) is 1.55. The first-order chi connectivity index (χ1) is 7.59. The molecule has 0 amide bonds. The Bertz CT molecular complexity index is 185. The van der Waals surface area contributed by atoms with E-state index in [9.17, 15) is 0 Å². The SMILES string of the molecule is CC(C)CNCC(C)N1CCCOC(C)C1. The fraction of sp³-hybridized carbons (Fsp3) is 1.00. The normalized spacial score (nSPS) is 25.7. The van der Waals surface area contributed by atoms with Crippen molar-refractivity contribution in [3.8, 4) is 0 Å². The van der Waals surface area contributed by atoms with Crippen molar-refractivity contribution < 1.29 is 4.74 Å². The lowest BCUT2D eigenvalue weighted by Crippen LogP contribution is -2.43. The van der Waals surface area contributed by atoms with Gasteiger partial charge in [0.15, 0.2) is 0 Å². The van der Waals surface area contributed by atoms with Crippen LogP contribution in [-0.2, 0) is 4.74 Å². The van der Waals surface area contributed by atoms with Crippen LogP contribution >= 0.6 is 0 Å². The van der Waals surface area contributed by atoms with Crippen molar-refractivity contribution in [2.75, 3.05) is 32.8 Å². The highest BCUT2D eigenvalue weighted by Crippen LogP contribution is 2.08. The molecule has 0 aromatic carbocycles. The van der Waals surface area contributed by atoms with Crippen LogP contribution in [0.4, 0.5) is 0 Å². The van der Waals surface area contributed by atoms with Gasteiger partial charge in [0.25, 0.3) is 0 Å². The Morgan fingerprint density at radius 1 is 1.31 bits per heavy atom. The minimum absolute atomic E-state index is 0.384. The molecule has 0 bridgehead atoms. The van der Waals surface area contributed by atoms with E-state index in [1.807, 2.05) is 0 Å². The largest absolute Gasteiger partial charge is 0.377 e. The average Bonchev–Trinajstić information content (AvgIpc) is 2.42. The molecule has 1 saturated heterocycles. The average molecular weight is 228 g/mol. The van der Waals surface area contributed by atoms with Gasteiger partial charge in [-0.2, -0.15) is 0 Å². The summed E-state index contributed by atoms with van der Waals surface area (Å²) in [6.45, 7) is 14.4. The van der Waals surface area contributed by atoms with Gasteiger partial charge >= 0.3 is 0 Å². The van der Waals surface area contributed by atoms with E-state index in [0.29, 0.717) is 12.1 Å². The molecule has 3 heteroatoms. The van der Waals surface area contributed by atoms with E-state index in [-0.39, 0.29) is 0 Å². The molecular formula is C13H28N2O. The maximum absolute atomic E-state index is 5.66. The lowest BCUT2D eigenvalue weighted by Gasteiger charge is -2.29. The van der Waals surface area contributed by atoms with E-state index < -0.39 is 0 Å². The molecule has 0 spiro atoms. The van der Waals surface area contributed by atoms with Crippen LogP contribution in [0.5, 0.6) is 0 Å². The van der Waals surface area contributed by atoms with Gasteiger partial charge in [-0.05, 0) is 32.7 Å². The third-order valence-corrected chi connectivity index (χ3v) is 3.10. The Hall–Kier alpha value is -0.120. The quantitative estimate of drug-likeness (QED) is 0.775. The number of ether oxygens (including phenoxy) is 1. The maximum Gasteiger partial charge on any atom is 0.0674 e. The molecule has 96 valence electrons. The summed E-state index contributed by atoms with van der Waals surface area (Å²) >= 11 is 0. The Balaban J connectivity index is 2.25. The molecule has 1 N–H and O–H groups in total. The zero-order valence-corrected chi connectivity index (χ0v) is 11.3. The monoisotopic (exact) mass is 228 g/mol. The molecule has 0 aromatic rings. The van der Waals surface area contributed by atoms with Crippen LogP contribution < -0.4 is 5.32 Å². The Labute approximate surface area is 101 Å². The first-order valence-corrected chi connectivity index (χ1v) is 6.66. The molecule has 0 saturated carbocycles. The van der Waals surface area contributed by atoms with Gasteiger partial charge in [0.2, 0.25) is 0 Å². The van der Waals surface area contributed by atoms with Gasteiger partial charge in [-0.25, -0.2) is 0 Å². The van der Waals surface area contributed by atoms with E-state index >= 15 is 0 Å². The summed E-state index contributed by atoms with van der Waals surface area (Å²) < 4.78 is 5.66. The van der Waals surface area contributed by atoms with Crippen molar-refractivity contribution in [1.29, 1.82) is 0 Å². The number of nitrogens with zero attached hydrogens (tertiary/aromatic N) is 1. The number of hydrogen-bond acceptors (Lipinski definition) is 3. The standard InChI is InChI=1S/C13H28N2O/c1-11(2)8-14-9-12(3)15-6-5-7-16-13(4)10-15/h11-14H,5-10H2,1-4H3. The van der Waals surface area contributed by atoms with Gasteiger partial charge in [0.05, 0.1) is 6.10 Å². The van der Waals surface area contributed by atoms with Gasteiger partial charge < -0.3 is 10.1 Å². The summed E-state index contributed by atoms with van der Waals surface area (Å²) in [5.41, 5.74) is 0. The van der Waals surface area contributed by atoms with Crippen molar-refractivity contribution in [1.82, 2.24) is 10.2 Å². The van der Waals surface area contributed by atoms with Crippen molar-refractivity contribution in [2.24, 2.45) is 5.92 Å². The van der Waals surface area contributed by atoms with E-state index in [1.54, 1.807) is 0 Å². The van der Waals surface area contributed by atoms with Crippen LogP contribution in [0.25, 0.3) is 0 Å². The minimum atomic E-state index is 0.384. The molecule has 1 aliphatic heterocycles. The Morgan fingerprint density at radius 3 is 2.75 bits per heavy atom.